The molecule has 6 rings (SSSR count). The molecule has 3 unspecified atom stereocenters. The third-order valence-corrected chi connectivity index (χ3v) is 25.0. The van der Waals surface area contributed by atoms with Crippen LogP contribution in [0.15, 0.2) is 98.4 Å². The van der Waals surface area contributed by atoms with E-state index >= 15 is 0 Å². The number of hydrogen-bond acceptors (Lipinski definition) is 6. The quantitative estimate of drug-likeness (QED) is 0.0413. The predicted octanol–water partition coefficient (Wildman–Crippen LogP) is 28.4. The minimum absolute atomic E-state index is 0.0772. The van der Waals surface area contributed by atoms with Crippen LogP contribution in [0, 0.1) is 17.8 Å². The van der Waals surface area contributed by atoms with Gasteiger partial charge in [-0.25, -0.2) is 16.8 Å². The van der Waals surface area contributed by atoms with Crippen LogP contribution in [0.3, 0.4) is 0 Å². The number of fused-ring (bicyclic) bond motifs is 3. The second-order valence-corrected chi connectivity index (χ2v) is 33.8. The molecule has 4 aromatic rings. The van der Waals surface area contributed by atoms with Gasteiger partial charge in [-0.2, -0.15) is 0 Å². The molecule has 3 atom stereocenters. The monoisotopic (exact) mass is 1350 g/mol. The Hall–Kier alpha value is -3.07. The number of benzene rings is 3. The topological polar surface area (TPSA) is 80.6 Å². The number of rotatable bonds is 56. The summed E-state index contributed by atoms with van der Waals surface area (Å²) in [5.74, 6) is 2.34. The summed E-state index contributed by atoms with van der Waals surface area (Å²) < 4.78 is 51.3. The molecule has 0 N–H and O–H groups in total. The third kappa shape index (κ3) is 36.1. The first kappa shape index (κ1) is 83.4. The van der Waals surface area contributed by atoms with E-state index in [1.807, 2.05) is 47.7 Å². The van der Waals surface area contributed by atoms with Crippen LogP contribution in [0.5, 0.6) is 0 Å². The molecule has 3 heterocycles. The van der Waals surface area contributed by atoms with Crippen LogP contribution >= 0.6 is 11.3 Å². The number of unbranched alkanes of at least 4 members (excludes halogenated alkanes) is 36. The van der Waals surface area contributed by atoms with Crippen LogP contribution in [0.1, 0.15) is 386 Å². The predicted molar refractivity (Wildman–Crippen MR) is 417 cm³/mol. The van der Waals surface area contributed by atoms with Crippen molar-refractivity contribution in [2.75, 3.05) is 12.3 Å². The fourth-order valence-electron chi connectivity index (χ4n) is 14.6. The van der Waals surface area contributed by atoms with E-state index < -0.39 is 19.7 Å². The van der Waals surface area contributed by atoms with Crippen molar-refractivity contribution in [2.24, 2.45) is 22.7 Å². The van der Waals surface area contributed by atoms with Crippen LogP contribution in [-0.4, -0.2) is 34.8 Å². The Morgan fingerprint density at radius 1 is 0.362 bits per heavy atom. The van der Waals surface area contributed by atoms with Gasteiger partial charge in [0.25, 0.3) is 0 Å². The molecular weight excluding hydrogens is 1210 g/mol. The molecule has 0 bridgehead atoms. The first-order valence-corrected chi connectivity index (χ1v) is 44.4. The Balaban J connectivity index is 0.000000300. The molecule has 0 fully saturated rings. The molecule has 5 nitrogen and oxygen atoms in total. The smallest absolute Gasteiger partial charge is 0.200 e. The number of aliphatic imine (C=N–C) groups is 1. The van der Waals surface area contributed by atoms with Crippen LogP contribution < -0.4 is 0 Å². The van der Waals surface area contributed by atoms with E-state index in [0.29, 0.717) is 15.7 Å². The van der Waals surface area contributed by atoms with Gasteiger partial charge >= 0.3 is 0 Å². The maximum absolute atomic E-state index is 12.5. The second-order valence-electron chi connectivity index (χ2n) is 29.1. The van der Waals surface area contributed by atoms with Crippen LogP contribution in [0.25, 0.3) is 15.7 Å². The average molecular weight is 1350 g/mol. The highest BCUT2D eigenvalue weighted by atomic mass is 32.2. The van der Waals surface area contributed by atoms with Gasteiger partial charge in [-0.15, -0.1) is 11.3 Å². The van der Waals surface area contributed by atoms with Gasteiger partial charge in [0.2, 0.25) is 9.84 Å². The highest BCUT2D eigenvalue weighted by Crippen LogP contribution is 2.38. The molecule has 3 aromatic carbocycles. The zero-order valence-corrected chi connectivity index (χ0v) is 64.3. The molecule has 8 heteroatoms. The molecular formula is C86H143NO4S3. The first-order chi connectivity index (χ1) is 46.0. The van der Waals surface area contributed by atoms with Crippen molar-refractivity contribution in [3.63, 3.8) is 0 Å². The SMILES string of the molecule is CCCCCCCCCCC(CCCCCCCC)CCC1=CS(=O)(=O)c2ccccc21.CCCCCCCCCCC(CCCCCCCC)CCc1csc2ccccc12.CCCCCCCCCCC(CCCCCCCC)CN=C1CS(=O)(=O)c2ccccc21. The number of hydrogen-bond donors (Lipinski definition) is 0. The molecule has 0 radical (unpaired) electrons. The van der Waals surface area contributed by atoms with E-state index in [9.17, 15) is 16.8 Å². The fourth-order valence-corrected chi connectivity index (χ4v) is 18.7. The largest absolute Gasteiger partial charge is 0.288 e. The molecule has 0 saturated heterocycles. The molecule has 0 saturated carbocycles. The maximum atomic E-state index is 12.5. The summed E-state index contributed by atoms with van der Waals surface area (Å²) in [5.41, 5.74) is 5.18. The van der Waals surface area contributed by atoms with E-state index in [0.717, 1.165) is 53.6 Å². The van der Waals surface area contributed by atoms with Gasteiger partial charge in [-0.05, 0) is 102 Å². The number of nitrogens with zero attached hydrogens (tertiary/aromatic N) is 1. The summed E-state index contributed by atoms with van der Waals surface area (Å²) in [5, 5.41) is 5.46. The lowest BCUT2D eigenvalue weighted by Crippen LogP contribution is -2.11. The van der Waals surface area contributed by atoms with Gasteiger partial charge in [-0.1, -0.05) is 391 Å². The summed E-state index contributed by atoms with van der Waals surface area (Å²) in [4.78, 5) is 5.85. The highest BCUT2D eigenvalue weighted by molar-refractivity contribution is 7.95. The normalized spacial score (nSPS) is 15.1. The van der Waals surface area contributed by atoms with Gasteiger partial charge in [0, 0.05) is 22.2 Å². The molecule has 94 heavy (non-hydrogen) atoms. The van der Waals surface area contributed by atoms with Gasteiger partial charge in [0.15, 0.2) is 9.84 Å². The fraction of sp³-hybridized carbons (Fsp3) is 0.733. The lowest BCUT2D eigenvalue weighted by atomic mass is 9.88. The number of aryl methyl sites for hydroxylation is 1. The van der Waals surface area contributed by atoms with Crippen molar-refractivity contribution in [3.8, 4) is 0 Å². The lowest BCUT2D eigenvalue weighted by Gasteiger charge is -2.17. The Labute approximate surface area is 585 Å². The molecule has 2 aliphatic heterocycles. The zero-order valence-electron chi connectivity index (χ0n) is 61.8. The van der Waals surface area contributed by atoms with Crippen molar-refractivity contribution in [3.05, 3.63) is 100 Å². The Morgan fingerprint density at radius 2 is 0.702 bits per heavy atom. The van der Waals surface area contributed by atoms with Crippen molar-refractivity contribution in [1.29, 1.82) is 0 Å². The van der Waals surface area contributed by atoms with Gasteiger partial charge < -0.3 is 0 Å². The summed E-state index contributed by atoms with van der Waals surface area (Å²) in [7, 11) is -6.43. The van der Waals surface area contributed by atoms with Crippen molar-refractivity contribution < 1.29 is 16.8 Å². The molecule has 1 aromatic heterocycles. The van der Waals surface area contributed by atoms with Gasteiger partial charge in [0.05, 0.1) is 21.3 Å². The van der Waals surface area contributed by atoms with E-state index in [2.05, 4.69) is 71.2 Å². The maximum Gasteiger partial charge on any atom is 0.200 e. The Kier molecular flexibility index (Phi) is 47.7. The lowest BCUT2D eigenvalue weighted by molar-refractivity contribution is 0.380. The molecule has 0 spiro atoms. The van der Waals surface area contributed by atoms with Gasteiger partial charge in [-0.3, -0.25) is 4.99 Å². The molecule has 0 amide bonds. The van der Waals surface area contributed by atoms with Crippen LogP contribution in [0.2, 0.25) is 0 Å². The minimum Gasteiger partial charge on any atom is -0.288 e. The summed E-state index contributed by atoms with van der Waals surface area (Å²) >= 11 is 1.93. The number of allylic oxidation sites excluding steroid dienone is 1. The summed E-state index contributed by atoms with van der Waals surface area (Å²) in [6, 6.07) is 23.9. The van der Waals surface area contributed by atoms with Crippen LogP contribution in [-0.2, 0) is 26.1 Å². The molecule has 2 aliphatic rings. The van der Waals surface area contributed by atoms with Crippen molar-refractivity contribution >= 4 is 52.4 Å². The summed E-state index contributed by atoms with van der Waals surface area (Å²) in [6.07, 6.45) is 70.7. The van der Waals surface area contributed by atoms with Crippen molar-refractivity contribution in [1.82, 2.24) is 0 Å². The third-order valence-electron chi connectivity index (χ3n) is 20.7. The van der Waals surface area contributed by atoms with E-state index in [-0.39, 0.29) is 5.75 Å². The molecule has 534 valence electrons. The highest BCUT2D eigenvalue weighted by Gasteiger charge is 2.31. The Morgan fingerprint density at radius 3 is 1.13 bits per heavy atom. The average Bonchev–Trinajstić information content (AvgIpc) is 1.64. The zero-order chi connectivity index (χ0) is 67.4. The summed E-state index contributed by atoms with van der Waals surface area (Å²) in [6.45, 7) is 14.5. The molecule has 0 aliphatic carbocycles. The van der Waals surface area contributed by atoms with Crippen LogP contribution in [0.4, 0.5) is 0 Å². The van der Waals surface area contributed by atoms with E-state index in [1.54, 1.807) is 17.7 Å². The standard InChI is InChI=1S/C29H48O2S.C29H48S.C28H47NO2S/c1-3-5-7-9-11-12-14-16-20-26(19-15-13-10-8-6-4-2)23-24-27-25-32(30,31)29-22-18-17-21-28(27)29;1-3-5-7-9-11-12-14-16-20-26(19-15-13-10-8-6-4-2)23-24-27-25-30-29-22-18-17-21-28(27)29;1-3-5-7-9-11-12-14-16-20-25(19-15-13-10-8-6-4-2)23-29-27-24-32(30,31)28-22-18-17-21-26(27)28/h17-18,21-22,25-26H,3-16,19-20,23-24H2,1-2H3;17-18,21-22,25-26H,3-16,19-20,23-24H2,1-2H3;17-18,21-22,25H,3-16,19-20,23-24H2,1-2H3. The van der Waals surface area contributed by atoms with Crippen molar-refractivity contribution in [2.45, 2.75) is 385 Å². The Bertz CT molecular complexity index is 2770. The minimum atomic E-state index is -3.23. The second kappa shape index (κ2) is 53.8. The first-order valence-electron chi connectivity index (χ1n) is 40.4. The number of sulfone groups is 2. The number of thiophene rings is 1. The van der Waals surface area contributed by atoms with Gasteiger partial charge in [0.1, 0.15) is 0 Å². The van der Waals surface area contributed by atoms with E-state index in [4.69, 9.17) is 4.99 Å². The van der Waals surface area contributed by atoms with E-state index in [1.165, 1.54) is 337 Å².